The molecule has 0 saturated carbocycles. The summed E-state index contributed by atoms with van der Waals surface area (Å²) in [6.45, 7) is 5.37. The van der Waals surface area contributed by atoms with Gasteiger partial charge in [0, 0.05) is 12.6 Å². The lowest BCUT2D eigenvalue weighted by Gasteiger charge is -2.30. The highest BCUT2D eigenvalue weighted by Gasteiger charge is 2.33. The van der Waals surface area contributed by atoms with Crippen LogP contribution in [-0.4, -0.2) is 17.0 Å². The van der Waals surface area contributed by atoms with Crippen LogP contribution in [0.2, 0.25) is 0 Å². The molecule has 0 aromatic heterocycles. The number of fused-ring (bicyclic) bond motifs is 1. The van der Waals surface area contributed by atoms with Crippen LogP contribution < -0.4 is 11.5 Å². The first-order valence-electron chi connectivity index (χ1n) is 7.59. The predicted molar refractivity (Wildman–Crippen MR) is 84.1 cm³/mol. The fourth-order valence-electron chi connectivity index (χ4n) is 3.12. The Bertz CT molecular complexity index is 465. The summed E-state index contributed by atoms with van der Waals surface area (Å²) in [5, 5.41) is 0. The van der Waals surface area contributed by atoms with Crippen LogP contribution in [-0.2, 0) is 6.54 Å². The maximum atomic E-state index is 5.63. The molecule has 0 spiro atoms. The summed E-state index contributed by atoms with van der Waals surface area (Å²) in [5.74, 6) is 0.192. The van der Waals surface area contributed by atoms with Crippen molar-refractivity contribution in [3.8, 4) is 0 Å². The third-order valence-electron chi connectivity index (χ3n) is 4.05. The van der Waals surface area contributed by atoms with Crippen molar-refractivity contribution in [3.05, 3.63) is 35.4 Å². The molecule has 2 rings (SSSR count). The monoisotopic (exact) mass is 274 g/mol. The molecule has 2 unspecified atom stereocenters. The van der Waals surface area contributed by atoms with Crippen molar-refractivity contribution in [1.29, 1.82) is 0 Å². The topological polar surface area (TPSA) is 67.6 Å². The molecule has 0 radical (unpaired) electrons. The number of nitrogens with two attached hydrogens (primary N) is 2. The van der Waals surface area contributed by atoms with Crippen molar-refractivity contribution in [1.82, 2.24) is 4.90 Å². The van der Waals surface area contributed by atoms with Gasteiger partial charge in [-0.05, 0) is 24.0 Å². The lowest BCUT2D eigenvalue weighted by Crippen LogP contribution is -2.36. The fourth-order valence-corrected chi connectivity index (χ4v) is 3.12. The smallest absolute Gasteiger partial charge is 0.187 e. The molecule has 4 heteroatoms. The quantitative estimate of drug-likeness (QED) is 0.619. The number of unbranched alkanes of at least 4 members (excludes halogenated alkanes) is 1. The van der Waals surface area contributed by atoms with Gasteiger partial charge in [-0.15, -0.1) is 0 Å². The normalized spacial score (nSPS) is 19.6. The Kier molecular flexibility index (Phi) is 5.01. The summed E-state index contributed by atoms with van der Waals surface area (Å²) in [6, 6.07) is 9.10. The zero-order valence-corrected chi connectivity index (χ0v) is 12.5. The van der Waals surface area contributed by atoms with Crippen molar-refractivity contribution >= 4 is 5.96 Å². The van der Waals surface area contributed by atoms with E-state index in [1.54, 1.807) is 0 Å². The molecular formula is C16H26N4. The van der Waals surface area contributed by atoms with E-state index < -0.39 is 0 Å². The van der Waals surface area contributed by atoms with Gasteiger partial charge in [0.05, 0.1) is 0 Å². The molecule has 4 nitrogen and oxygen atoms in total. The van der Waals surface area contributed by atoms with E-state index in [1.165, 1.54) is 11.1 Å². The van der Waals surface area contributed by atoms with Crippen LogP contribution >= 0.6 is 0 Å². The highest BCUT2D eigenvalue weighted by molar-refractivity contribution is 5.75. The molecule has 0 aliphatic carbocycles. The maximum absolute atomic E-state index is 5.63. The average molecular weight is 274 g/mol. The largest absolute Gasteiger partial charge is 0.370 e. The van der Waals surface area contributed by atoms with E-state index in [-0.39, 0.29) is 12.1 Å². The first-order valence-corrected chi connectivity index (χ1v) is 7.59. The molecule has 1 aliphatic heterocycles. The van der Waals surface area contributed by atoms with Gasteiger partial charge in [0.15, 0.2) is 5.96 Å². The Balaban J connectivity index is 2.23. The van der Waals surface area contributed by atoms with Crippen molar-refractivity contribution in [3.63, 3.8) is 0 Å². The van der Waals surface area contributed by atoms with E-state index in [4.69, 9.17) is 11.5 Å². The van der Waals surface area contributed by atoms with Crippen LogP contribution in [0.15, 0.2) is 29.3 Å². The second kappa shape index (κ2) is 6.75. The first-order chi connectivity index (χ1) is 9.67. The molecule has 1 aromatic rings. The van der Waals surface area contributed by atoms with Gasteiger partial charge in [-0.25, -0.2) is 4.99 Å². The minimum atomic E-state index is 0.0947. The van der Waals surface area contributed by atoms with Crippen LogP contribution in [0.5, 0.6) is 0 Å². The zero-order chi connectivity index (χ0) is 14.5. The molecule has 1 aliphatic rings. The Morgan fingerprint density at radius 3 is 2.75 bits per heavy atom. The van der Waals surface area contributed by atoms with E-state index >= 15 is 0 Å². The standard InChI is InChI=1S/C16H26N4/c1-3-5-10-15(19-16(17)18)20-11-12-8-6-7-9-13(12)14(20)4-2/h6-9,14-15H,3-5,10-11H2,1-2H3,(H4,17,18,19). The number of aliphatic imine (C=N–C) groups is 1. The Hall–Kier alpha value is -1.55. The summed E-state index contributed by atoms with van der Waals surface area (Å²) < 4.78 is 0. The highest BCUT2D eigenvalue weighted by Crippen LogP contribution is 2.38. The number of benzene rings is 1. The molecule has 0 fully saturated rings. The lowest BCUT2D eigenvalue weighted by atomic mass is 10.0. The van der Waals surface area contributed by atoms with Crippen LogP contribution in [0.25, 0.3) is 0 Å². The van der Waals surface area contributed by atoms with E-state index in [0.29, 0.717) is 6.04 Å². The van der Waals surface area contributed by atoms with Crippen LogP contribution in [0.1, 0.15) is 56.7 Å². The van der Waals surface area contributed by atoms with Gasteiger partial charge in [-0.1, -0.05) is 51.0 Å². The van der Waals surface area contributed by atoms with Gasteiger partial charge in [-0.3, -0.25) is 4.90 Å². The predicted octanol–water partition coefficient (Wildman–Crippen LogP) is 2.74. The molecule has 20 heavy (non-hydrogen) atoms. The van der Waals surface area contributed by atoms with Crippen LogP contribution in [0.4, 0.5) is 0 Å². The Labute approximate surface area is 121 Å². The fraction of sp³-hybridized carbons (Fsp3) is 0.562. The second-order valence-electron chi connectivity index (χ2n) is 5.47. The molecule has 4 N–H and O–H groups in total. The number of rotatable bonds is 6. The molecule has 2 atom stereocenters. The first kappa shape index (κ1) is 14.9. The van der Waals surface area contributed by atoms with E-state index in [2.05, 4.69) is 48.0 Å². The van der Waals surface area contributed by atoms with Crippen molar-refractivity contribution in [2.24, 2.45) is 16.5 Å². The minimum Gasteiger partial charge on any atom is -0.370 e. The molecular weight excluding hydrogens is 248 g/mol. The number of hydrogen-bond donors (Lipinski definition) is 2. The number of hydrogen-bond acceptors (Lipinski definition) is 2. The zero-order valence-electron chi connectivity index (χ0n) is 12.5. The third-order valence-corrected chi connectivity index (χ3v) is 4.05. The maximum Gasteiger partial charge on any atom is 0.187 e. The average Bonchev–Trinajstić information content (AvgIpc) is 2.81. The van der Waals surface area contributed by atoms with Gasteiger partial charge in [0.2, 0.25) is 0 Å². The molecule has 0 bridgehead atoms. The van der Waals surface area contributed by atoms with Crippen molar-refractivity contribution in [2.75, 3.05) is 0 Å². The molecule has 0 saturated heterocycles. The molecule has 1 aromatic carbocycles. The van der Waals surface area contributed by atoms with Gasteiger partial charge >= 0.3 is 0 Å². The number of nitrogens with zero attached hydrogens (tertiary/aromatic N) is 2. The Morgan fingerprint density at radius 1 is 1.35 bits per heavy atom. The van der Waals surface area contributed by atoms with E-state index in [0.717, 1.165) is 32.2 Å². The minimum absolute atomic E-state index is 0.0947. The SMILES string of the molecule is CCCCC(N=C(N)N)N1Cc2ccccc2C1CC. The van der Waals surface area contributed by atoms with Gasteiger partial charge in [0.25, 0.3) is 0 Å². The van der Waals surface area contributed by atoms with Crippen molar-refractivity contribution in [2.45, 2.75) is 58.3 Å². The summed E-state index contributed by atoms with van der Waals surface area (Å²) in [4.78, 5) is 6.92. The van der Waals surface area contributed by atoms with E-state index in [1.807, 2.05) is 0 Å². The lowest BCUT2D eigenvalue weighted by molar-refractivity contribution is 0.137. The molecule has 1 heterocycles. The summed E-state index contributed by atoms with van der Waals surface area (Å²) in [5.41, 5.74) is 14.1. The molecule has 0 amide bonds. The summed E-state index contributed by atoms with van der Waals surface area (Å²) >= 11 is 0. The number of guanidine groups is 1. The summed E-state index contributed by atoms with van der Waals surface area (Å²) in [7, 11) is 0. The third kappa shape index (κ3) is 3.12. The molecule has 110 valence electrons. The Morgan fingerprint density at radius 2 is 2.10 bits per heavy atom. The van der Waals surface area contributed by atoms with Gasteiger partial charge < -0.3 is 11.5 Å². The highest BCUT2D eigenvalue weighted by atomic mass is 15.3. The van der Waals surface area contributed by atoms with E-state index in [9.17, 15) is 0 Å². The summed E-state index contributed by atoms with van der Waals surface area (Å²) in [6.07, 6.45) is 4.49. The van der Waals surface area contributed by atoms with Crippen LogP contribution in [0, 0.1) is 0 Å². The van der Waals surface area contributed by atoms with Gasteiger partial charge in [-0.2, -0.15) is 0 Å². The van der Waals surface area contributed by atoms with Crippen molar-refractivity contribution < 1.29 is 0 Å². The van der Waals surface area contributed by atoms with Gasteiger partial charge in [0.1, 0.15) is 6.17 Å². The van der Waals surface area contributed by atoms with Crippen LogP contribution in [0.3, 0.4) is 0 Å². The second-order valence-corrected chi connectivity index (χ2v) is 5.47.